The van der Waals surface area contributed by atoms with Crippen molar-refractivity contribution in [3.05, 3.63) is 0 Å². The summed E-state index contributed by atoms with van der Waals surface area (Å²) >= 11 is 0. The molecule has 0 aromatic carbocycles. The number of rotatable bonds is 3. The molecule has 84 valence electrons. The Morgan fingerprint density at radius 2 is 2.27 bits per heavy atom. The van der Waals surface area contributed by atoms with Gasteiger partial charge in [0.2, 0.25) is 0 Å². The molecule has 2 fully saturated rings. The van der Waals surface area contributed by atoms with Crippen LogP contribution in [0.2, 0.25) is 0 Å². The third kappa shape index (κ3) is 1.85. The quantitative estimate of drug-likeness (QED) is 0.656. The van der Waals surface area contributed by atoms with E-state index in [1.165, 1.54) is 0 Å². The van der Waals surface area contributed by atoms with Gasteiger partial charge in [0.1, 0.15) is 6.04 Å². The zero-order valence-corrected chi connectivity index (χ0v) is 9.07. The van der Waals surface area contributed by atoms with Crippen LogP contribution in [0.4, 0.5) is 0 Å². The third-order valence-corrected chi connectivity index (χ3v) is 3.16. The molecule has 0 bridgehead atoms. The smallest absolute Gasteiger partial charge is 0.329 e. The Kier molecular flexibility index (Phi) is 2.93. The first-order valence-corrected chi connectivity index (χ1v) is 5.75. The van der Waals surface area contributed by atoms with Crippen LogP contribution in [0.5, 0.6) is 0 Å². The molecule has 4 heteroatoms. The number of nitrogens with zero attached hydrogens (tertiary/aromatic N) is 1. The second-order valence-corrected chi connectivity index (χ2v) is 4.26. The van der Waals surface area contributed by atoms with Crippen LogP contribution < -0.4 is 0 Å². The molecule has 1 amide bonds. The molecule has 0 aromatic rings. The zero-order chi connectivity index (χ0) is 10.8. The fourth-order valence-electron chi connectivity index (χ4n) is 2.30. The van der Waals surface area contributed by atoms with Crippen LogP contribution in [0.15, 0.2) is 0 Å². The number of hydrogen-bond acceptors (Lipinski definition) is 3. The molecule has 4 nitrogen and oxygen atoms in total. The van der Waals surface area contributed by atoms with Crippen LogP contribution in [0.1, 0.15) is 39.0 Å². The van der Waals surface area contributed by atoms with E-state index in [2.05, 4.69) is 6.92 Å². The van der Waals surface area contributed by atoms with E-state index >= 15 is 0 Å². The van der Waals surface area contributed by atoms with Gasteiger partial charge in [0.25, 0.3) is 5.91 Å². The van der Waals surface area contributed by atoms with E-state index in [9.17, 15) is 9.59 Å². The molecule has 2 rings (SSSR count). The molecule has 0 unspecified atom stereocenters. The molecule has 0 N–H and O–H groups in total. The van der Waals surface area contributed by atoms with Crippen LogP contribution in [0.3, 0.4) is 0 Å². The molecule has 15 heavy (non-hydrogen) atoms. The van der Waals surface area contributed by atoms with Gasteiger partial charge in [0.05, 0.1) is 0 Å². The van der Waals surface area contributed by atoms with Crippen molar-refractivity contribution in [3.63, 3.8) is 0 Å². The molecule has 0 aliphatic carbocycles. The third-order valence-electron chi connectivity index (χ3n) is 3.16. The predicted octanol–water partition coefficient (Wildman–Crippen LogP) is 1.09. The molecule has 2 aliphatic heterocycles. The lowest BCUT2D eigenvalue weighted by Crippen LogP contribution is -2.53. The zero-order valence-electron chi connectivity index (χ0n) is 9.07. The molecule has 0 saturated carbocycles. The van der Waals surface area contributed by atoms with E-state index in [1.807, 2.05) is 0 Å². The average Bonchev–Trinajstić information content (AvgIpc) is 2.70. The summed E-state index contributed by atoms with van der Waals surface area (Å²) in [5, 5.41) is 0. The first-order valence-electron chi connectivity index (χ1n) is 5.75. The number of esters is 1. The minimum Gasteiger partial charge on any atom is -0.451 e. The Hall–Kier alpha value is -1.06. The van der Waals surface area contributed by atoms with Gasteiger partial charge < -0.3 is 9.64 Å². The van der Waals surface area contributed by atoms with Gasteiger partial charge >= 0.3 is 5.97 Å². The summed E-state index contributed by atoms with van der Waals surface area (Å²) in [5.74, 6) is -0.182. The highest BCUT2D eigenvalue weighted by Gasteiger charge is 2.44. The molecule has 2 aliphatic rings. The molecular weight excluding hydrogens is 194 g/mol. The number of morpholine rings is 1. The second-order valence-electron chi connectivity index (χ2n) is 4.26. The molecule has 2 heterocycles. The molecule has 0 spiro atoms. The van der Waals surface area contributed by atoms with Crippen LogP contribution in [0.25, 0.3) is 0 Å². The summed E-state index contributed by atoms with van der Waals surface area (Å²) in [6.07, 6.45) is 3.81. The first kappa shape index (κ1) is 10.5. The van der Waals surface area contributed by atoms with Crippen molar-refractivity contribution < 1.29 is 14.3 Å². The summed E-state index contributed by atoms with van der Waals surface area (Å²) in [6.45, 7) is 2.79. The standard InChI is InChI=1S/C11H17NO3/c1-2-3-6-9-10(13)12-7-4-5-8(12)11(14)15-9/h8-9H,2-7H2,1H3/t8-,9+/m0/s1. The van der Waals surface area contributed by atoms with Crippen molar-refractivity contribution in [2.45, 2.75) is 51.2 Å². The van der Waals surface area contributed by atoms with Gasteiger partial charge in [-0.05, 0) is 25.7 Å². The van der Waals surface area contributed by atoms with Gasteiger partial charge in [-0.3, -0.25) is 4.79 Å². The van der Waals surface area contributed by atoms with Gasteiger partial charge in [-0.25, -0.2) is 4.79 Å². The normalized spacial score (nSPS) is 30.3. The average molecular weight is 211 g/mol. The molecule has 0 aromatic heterocycles. The van der Waals surface area contributed by atoms with Crippen molar-refractivity contribution in [1.29, 1.82) is 0 Å². The van der Waals surface area contributed by atoms with Crippen molar-refractivity contribution in [1.82, 2.24) is 4.90 Å². The lowest BCUT2D eigenvalue weighted by molar-refractivity contribution is -0.176. The van der Waals surface area contributed by atoms with Crippen molar-refractivity contribution >= 4 is 11.9 Å². The molecular formula is C11H17NO3. The van der Waals surface area contributed by atoms with Crippen LogP contribution in [0, 0.1) is 0 Å². The van der Waals surface area contributed by atoms with E-state index in [0.29, 0.717) is 6.42 Å². The van der Waals surface area contributed by atoms with Gasteiger partial charge in [0, 0.05) is 6.54 Å². The maximum absolute atomic E-state index is 11.9. The van der Waals surface area contributed by atoms with Crippen molar-refractivity contribution in [3.8, 4) is 0 Å². The van der Waals surface area contributed by atoms with Gasteiger partial charge in [-0.15, -0.1) is 0 Å². The summed E-state index contributed by atoms with van der Waals surface area (Å²) in [5.41, 5.74) is 0. The van der Waals surface area contributed by atoms with Crippen molar-refractivity contribution in [2.24, 2.45) is 0 Å². The summed E-state index contributed by atoms with van der Waals surface area (Å²) in [4.78, 5) is 25.2. The van der Waals surface area contributed by atoms with Gasteiger partial charge in [-0.1, -0.05) is 13.3 Å². The summed E-state index contributed by atoms with van der Waals surface area (Å²) in [7, 11) is 0. The summed E-state index contributed by atoms with van der Waals surface area (Å²) in [6, 6.07) is -0.282. The largest absolute Gasteiger partial charge is 0.451 e. The lowest BCUT2D eigenvalue weighted by Gasteiger charge is -2.33. The van der Waals surface area contributed by atoms with Crippen LogP contribution >= 0.6 is 0 Å². The Morgan fingerprint density at radius 1 is 1.47 bits per heavy atom. The number of unbranched alkanes of at least 4 members (excludes halogenated alkanes) is 1. The number of amides is 1. The monoisotopic (exact) mass is 211 g/mol. The highest BCUT2D eigenvalue weighted by molar-refractivity contribution is 5.93. The Morgan fingerprint density at radius 3 is 3.00 bits per heavy atom. The van der Waals surface area contributed by atoms with E-state index in [4.69, 9.17) is 4.74 Å². The Balaban J connectivity index is 2.03. The number of hydrogen-bond donors (Lipinski definition) is 0. The minimum atomic E-state index is -0.508. The topological polar surface area (TPSA) is 46.6 Å². The first-order chi connectivity index (χ1) is 7.24. The number of cyclic esters (lactones) is 1. The number of fused-ring (bicyclic) bond motifs is 1. The predicted molar refractivity (Wildman–Crippen MR) is 54.1 cm³/mol. The van der Waals surface area contributed by atoms with Crippen LogP contribution in [-0.2, 0) is 14.3 Å². The SMILES string of the molecule is CCCC[C@H]1OC(=O)[C@@H]2CCCN2C1=O. The fourth-order valence-corrected chi connectivity index (χ4v) is 2.30. The lowest BCUT2D eigenvalue weighted by atomic mass is 10.1. The maximum atomic E-state index is 11.9. The van der Waals surface area contributed by atoms with E-state index in [-0.39, 0.29) is 17.9 Å². The molecule has 2 atom stereocenters. The van der Waals surface area contributed by atoms with E-state index < -0.39 is 6.10 Å². The van der Waals surface area contributed by atoms with E-state index in [0.717, 1.165) is 32.2 Å². The fraction of sp³-hybridized carbons (Fsp3) is 0.818. The van der Waals surface area contributed by atoms with Gasteiger partial charge in [-0.2, -0.15) is 0 Å². The highest BCUT2D eigenvalue weighted by atomic mass is 16.6. The molecule has 2 saturated heterocycles. The van der Waals surface area contributed by atoms with Gasteiger partial charge in [0.15, 0.2) is 6.10 Å². The number of carbonyl (C=O) groups excluding carboxylic acids is 2. The second kappa shape index (κ2) is 4.21. The number of ether oxygens (including phenoxy) is 1. The molecule has 0 radical (unpaired) electrons. The number of carbonyl (C=O) groups is 2. The Bertz CT molecular complexity index is 277. The maximum Gasteiger partial charge on any atom is 0.329 e. The highest BCUT2D eigenvalue weighted by Crippen LogP contribution is 2.26. The summed E-state index contributed by atoms with van der Waals surface area (Å²) < 4.78 is 5.18. The van der Waals surface area contributed by atoms with E-state index in [1.54, 1.807) is 4.90 Å². The Labute approximate surface area is 89.6 Å². The van der Waals surface area contributed by atoms with Crippen LogP contribution in [-0.4, -0.2) is 35.5 Å². The minimum absolute atomic E-state index is 0.0190. The van der Waals surface area contributed by atoms with Crippen molar-refractivity contribution in [2.75, 3.05) is 6.54 Å².